The maximum atomic E-state index is 12.9. The van der Waals surface area contributed by atoms with Crippen molar-refractivity contribution in [1.29, 1.82) is 10.5 Å². The monoisotopic (exact) mass is 515 g/mol. The number of nitriles is 2. The summed E-state index contributed by atoms with van der Waals surface area (Å²) in [5.41, 5.74) is 2.20. The van der Waals surface area contributed by atoms with E-state index in [-0.39, 0.29) is 36.4 Å². The van der Waals surface area contributed by atoms with Crippen molar-refractivity contribution in [2.75, 3.05) is 13.1 Å². The van der Waals surface area contributed by atoms with Crippen molar-refractivity contribution in [2.45, 2.75) is 38.1 Å². The number of benzene rings is 2. The normalized spacial score (nSPS) is 12.1. The Morgan fingerprint density at radius 1 is 1.12 bits per heavy atom. The topological polar surface area (TPSA) is 119 Å². The highest BCUT2D eigenvalue weighted by molar-refractivity contribution is 7.89. The second-order valence-electron chi connectivity index (χ2n) is 7.33. The maximum Gasteiger partial charge on any atom is 0.279 e. The van der Waals surface area contributed by atoms with E-state index in [2.05, 4.69) is 4.99 Å². The SMILES string of the molecule is CCn1c(=NC(=O)c2ccc(S(=O)(=O)N(CCC#N)CCC#N)cc2)sc2c(Cl)ccc(C)c21. The molecule has 11 heteroatoms. The summed E-state index contributed by atoms with van der Waals surface area (Å²) in [5, 5.41) is 18.2. The lowest BCUT2D eigenvalue weighted by Crippen LogP contribution is -2.32. The van der Waals surface area contributed by atoms with Crippen LogP contribution in [0.1, 0.15) is 35.7 Å². The lowest BCUT2D eigenvalue weighted by molar-refractivity contribution is 0.0997. The highest BCUT2D eigenvalue weighted by Crippen LogP contribution is 2.29. The summed E-state index contributed by atoms with van der Waals surface area (Å²) in [6.45, 7) is 4.51. The minimum Gasteiger partial charge on any atom is -0.316 e. The minimum absolute atomic E-state index is 0.0101. The van der Waals surface area contributed by atoms with Crippen LogP contribution in [0, 0.1) is 29.6 Å². The van der Waals surface area contributed by atoms with Gasteiger partial charge in [-0.15, -0.1) is 0 Å². The van der Waals surface area contributed by atoms with Crippen LogP contribution in [-0.2, 0) is 16.6 Å². The molecule has 176 valence electrons. The molecule has 3 rings (SSSR count). The number of sulfonamides is 1. The van der Waals surface area contributed by atoms with Gasteiger partial charge >= 0.3 is 0 Å². The molecule has 34 heavy (non-hydrogen) atoms. The third-order valence-electron chi connectivity index (χ3n) is 5.18. The summed E-state index contributed by atoms with van der Waals surface area (Å²) in [6, 6.07) is 13.1. The third kappa shape index (κ3) is 5.21. The first-order chi connectivity index (χ1) is 16.2. The van der Waals surface area contributed by atoms with Crippen molar-refractivity contribution in [2.24, 2.45) is 4.99 Å². The number of aryl methyl sites for hydroxylation is 2. The third-order valence-corrected chi connectivity index (χ3v) is 8.63. The first kappa shape index (κ1) is 25.6. The number of carbonyl (C=O) groups is 1. The number of nitrogens with zero attached hydrogens (tertiary/aromatic N) is 5. The molecule has 2 aromatic carbocycles. The Morgan fingerprint density at radius 3 is 2.29 bits per heavy atom. The van der Waals surface area contributed by atoms with Crippen molar-refractivity contribution < 1.29 is 13.2 Å². The number of hydrogen-bond acceptors (Lipinski definition) is 6. The summed E-state index contributed by atoms with van der Waals surface area (Å²) in [7, 11) is -3.91. The Bertz CT molecular complexity index is 1460. The Labute approximate surface area is 207 Å². The van der Waals surface area contributed by atoms with Crippen LogP contribution in [0.3, 0.4) is 0 Å². The number of halogens is 1. The van der Waals surface area contributed by atoms with E-state index in [1.807, 2.05) is 42.7 Å². The van der Waals surface area contributed by atoms with E-state index in [1.54, 1.807) is 0 Å². The molecule has 0 bridgehead atoms. The second kappa shape index (κ2) is 10.9. The van der Waals surface area contributed by atoms with Gasteiger partial charge in [-0.1, -0.05) is 29.0 Å². The van der Waals surface area contributed by atoms with Gasteiger partial charge in [-0.3, -0.25) is 4.79 Å². The number of fused-ring (bicyclic) bond motifs is 1. The van der Waals surface area contributed by atoms with Crippen molar-refractivity contribution in [3.8, 4) is 12.1 Å². The van der Waals surface area contributed by atoms with Gasteiger partial charge in [0.15, 0.2) is 4.80 Å². The van der Waals surface area contributed by atoms with Crippen molar-refractivity contribution >= 4 is 49.1 Å². The Morgan fingerprint density at radius 2 is 1.74 bits per heavy atom. The van der Waals surface area contributed by atoms with Gasteiger partial charge in [0.2, 0.25) is 10.0 Å². The Kier molecular flexibility index (Phi) is 8.24. The molecule has 0 aliphatic carbocycles. The Balaban J connectivity index is 1.95. The van der Waals surface area contributed by atoms with Gasteiger partial charge in [0, 0.05) is 38.0 Å². The molecule has 1 heterocycles. The molecule has 0 unspecified atom stereocenters. The van der Waals surface area contributed by atoms with Crippen LogP contribution < -0.4 is 4.80 Å². The lowest BCUT2D eigenvalue weighted by Gasteiger charge is -2.20. The van der Waals surface area contributed by atoms with Crippen molar-refractivity contribution in [3.05, 3.63) is 57.3 Å². The highest BCUT2D eigenvalue weighted by atomic mass is 35.5. The van der Waals surface area contributed by atoms with E-state index in [0.717, 1.165) is 20.1 Å². The molecule has 0 saturated heterocycles. The van der Waals surface area contributed by atoms with Crippen LogP contribution in [-0.4, -0.2) is 36.3 Å². The van der Waals surface area contributed by atoms with Crippen molar-refractivity contribution in [1.82, 2.24) is 8.87 Å². The zero-order valence-electron chi connectivity index (χ0n) is 18.7. The summed E-state index contributed by atoms with van der Waals surface area (Å²) in [6.07, 6.45) is 0.0202. The fourth-order valence-corrected chi connectivity index (χ4v) is 6.35. The van der Waals surface area contributed by atoms with E-state index in [9.17, 15) is 13.2 Å². The van der Waals surface area contributed by atoms with Crippen LogP contribution in [0.4, 0.5) is 0 Å². The predicted molar refractivity (Wildman–Crippen MR) is 131 cm³/mol. The van der Waals surface area contributed by atoms with E-state index >= 15 is 0 Å². The predicted octanol–water partition coefficient (Wildman–Crippen LogP) is 4.24. The van der Waals surface area contributed by atoms with Crippen molar-refractivity contribution in [3.63, 3.8) is 0 Å². The fourth-order valence-electron chi connectivity index (χ4n) is 3.47. The average molecular weight is 516 g/mol. The van der Waals surface area contributed by atoms with E-state index in [1.165, 1.54) is 35.6 Å². The van der Waals surface area contributed by atoms with Gasteiger partial charge < -0.3 is 4.57 Å². The molecule has 0 radical (unpaired) electrons. The van der Waals surface area contributed by atoms with E-state index in [0.29, 0.717) is 16.4 Å². The molecule has 0 N–H and O–H groups in total. The molecule has 0 spiro atoms. The van der Waals surface area contributed by atoms with Gasteiger partial charge in [0.25, 0.3) is 5.91 Å². The number of amides is 1. The number of aromatic nitrogens is 1. The molecule has 0 atom stereocenters. The molecule has 1 amide bonds. The number of rotatable bonds is 8. The molecular formula is C23H22ClN5O3S2. The lowest BCUT2D eigenvalue weighted by atomic mass is 10.2. The minimum atomic E-state index is -3.91. The molecule has 0 fully saturated rings. The molecule has 0 aliphatic heterocycles. The summed E-state index contributed by atoms with van der Waals surface area (Å²) >= 11 is 7.67. The quantitative estimate of drug-likeness (QED) is 0.444. The zero-order valence-corrected chi connectivity index (χ0v) is 21.0. The van der Waals surface area contributed by atoms with Gasteiger partial charge in [-0.2, -0.15) is 19.8 Å². The number of hydrogen-bond donors (Lipinski definition) is 0. The Hall–Kier alpha value is -3.02. The molecule has 1 aromatic heterocycles. The van der Waals surface area contributed by atoms with Gasteiger partial charge in [0.05, 0.1) is 32.3 Å². The van der Waals surface area contributed by atoms with Gasteiger partial charge in [-0.25, -0.2) is 8.42 Å². The van der Waals surface area contributed by atoms with Crippen LogP contribution in [0.2, 0.25) is 5.02 Å². The summed E-state index contributed by atoms with van der Waals surface area (Å²) < 4.78 is 29.8. The van der Waals surface area contributed by atoms with Crippen LogP contribution in [0.25, 0.3) is 10.2 Å². The van der Waals surface area contributed by atoms with Gasteiger partial charge in [-0.05, 0) is 49.7 Å². The van der Waals surface area contributed by atoms with E-state index in [4.69, 9.17) is 22.1 Å². The van der Waals surface area contributed by atoms with Gasteiger partial charge in [0.1, 0.15) is 0 Å². The number of thiazole rings is 1. The maximum absolute atomic E-state index is 12.9. The van der Waals surface area contributed by atoms with Crippen LogP contribution >= 0.6 is 22.9 Å². The summed E-state index contributed by atoms with van der Waals surface area (Å²) in [4.78, 5) is 17.6. The number of carbonyl (C=O) groups excluding carboxylic acids is 1. The average Bonchev–Trinajstić information content (AvgIpc) is 3.20. The largest absolute Gasteiger partial charge is 0.316 e. The first-order valence-electron chi connectivity index (χ1n) is 10.5. The summed E-state index contributed by atoms with van der Waals surface area (Å²) in [5.74, 6) is -0.503. The standard InChI is InChI=1S/C23H22ClN5O3S2/c1-3-29-20-16(2)6-11-19(24)21(20)33-23(29)27-22(30)17-7-9-18(10-8-17)34(31,32)28(14-4-12-25)15-5-13-26/h6-11H,3-5,14-15H2,1-2H3. The smallest absolute Gasteiger partial charge is 0.279 e. The molecule has 0 saturated carbocycles. The van der Waals surface area contributed by atoms with Crippen LogP contribution in [0.5, 0.6) is 0 Å². The van der Waals surface area contributed by atoms with E-state index < -0.39 is 15.9 Å². The fraction of sp³-hybridized carbons (Fsp3) is 0.304. The zero-order chi connectivity index (χ0) is 24.9. The molecule has 8 nitrogen and oxygen atoms in total. The second-order valence-corrected chi connectivity index (χ2v) is 10.7. The first-order valence-corrected chi connectivity index (χ1v) is 13.1. The highest BCUT2D eigenvalue weighted by Gasteiger charge is 2.24. The van der Waals surface area contributed by atoms with Crippen LogP contribution in [0.15, 0.2) is 46.3 Å². The molecule has 3 aromatic rings. The molecule has 0 aliphatic rings. The molecular weight excluding hydrogens is 494 g/mol.